The van der Waals surface area contributed by atoms with Crippen molar-refractivity contribution in [1.29, 1.82) is 0 Å². The van der Waals surface area contributed by atoms with Crippen molar-refractivity contribution < 1.29 is 4.74 Å². The molecule has 0 radical (unpaired) electrons. The highest BCUT2D eigenvalue weighted by Crippen LogP contribution is 2.06. The molecule has 0 aliphatic carbocycles. The highest BCUT2D eigenvalue weighted by atomic mass is 16.5. The second-order valence-electron chi connectivity index (χ2n) is 4.54. The Kier molecular flexibility index (Phi) is 8.30. The normalized spacial score (nSPS) is 10.8. The molecule has 1 N–H and O–H groups in total. The lowest BCUT2D eigenvalue weighted by molar-refractivity contribution is 0.126. The van der Waals surface area contributed by atoms with Crippen LogP contribution in [0.2, 0.25) is 0 Å². The Balaban J connectivity index is 2.15. The van der Waals surface area contributed by atoms with Gasteiger partial charge in [0.2, 0.25) is 5.95 Å². The molecule has 0 bridgehead atoms. The zero-order valence-corrected chi connectivity index (χ0v) is 11.8. The average Bonchev–Trinajstić information content (AvgIpc) is 2.82. The third-order valence-electron chi connectivity index (χ3n) is 2.86. The number of hydrogen-bond acceptors (Lipinski definition) is 3. The van der Waals surface area contributed by atoms with E-state index in [9.17, 15) is 0 Å². The molecule has 4 heteroatoms. The lowest BCUT2D eigenvalue weighted by atomic mass is 10.3. The SMILES string of the molecule is CCCCNc1nccn1CCCOCCCC. The van der Waals surface area contributed by atoms with Gasteiger partial charge in [0, 0.05) is 38.7 Å². The van der Waals surface area contributed by atoms with E-state index >= 15 is 0 Å². The molecule has 0 saturated heterocycles. The molecule has 104 valence electrons. The first-order valence-corrected chi connectivity index (χ1v) is 7.21. The third kappa shape index (κ3) is 6.05. The molecule has 0 aromatic carbocycles. The summed E-state index contributed by atoms with van der Waals surface area (Å²) in [5.41, 5.74) is 0. The van der Waals surface area contributed by atoms with Gasteiger partial charge in [-0.15, -0.1) is 0 Å². The van der Waals surface area contributed by atoms with E-state index in [0.29, 0.717) is 0 Å². The van der Waals surface area contributed by atoms with Gasteiger partial charge >= 0.3 is 0 Å². The summed E-state index contributed by atoms with van der Waals surface area (Å²) < 4.78 is 7.72. The molecule has 0 spiro atoms. The van der Waals surface area contributed by atoms with E-state index in [2.05, 4.69) is 28.7 Å². The van der Waals surface area contributed by atoms with Gasteiger partial charge in [-0.05, 0) is 19.3 Å². The highest BCUT2D eigenvalue weighted by Gasteiger charge is 2.01. The molecule has 1 aromatic heterocycles. The van der Waals surface area contributed by atoms with Crippen molar-refractivity contribution in [3.63, 3.8) is 0 Å². The first kappa shape index (κ1) is 15.0. The van der Waals surface area contributed by atoms with Crippen molar-refractivity contribution in [3.8, 4) is 0 Å². The largest absolute Gasteiger partial charge is 0.381 e. The van der Waals surface area contributed by atoms with Crippen LogP contribution in [0.1, 0.15) is 46.0 Å². The number of anilines is 1. The fourth-order valence-electron chi connectivity index (χ4n) is 1.72. The Labute approximate surface area is 111 Å². The Hall–Kier alpha value is -1.03. The maximum Gasteiger partial charge on any atom is 0.202 e. The van der Waals surface area contributed by atoms with Gasteiger partial charge in [-0.1, -0.05) is 26.7 Å². The van der Waals surface area contributed by atoms with E-state index in [-0.39, 0.29) is 0 Å². The number of rotatable bonds is 11. The maximum atomic E-state index is 5.56. The summed E-state index contributed by atoms with van der Waals surface area (Å²) in [4.78, 5) is 4.33. The fourth-order valence-corrected chi connectivity index (χ4v) is 1.72. The van der Waals surface area contributed by atoms with Gasteiger partial charge in [-0.3, -0.25) is 0 Å². The third-order valence-corrected chi connectivity index (χ3v) is 2.86. The molecule has 1 heterocycles. The van der Waals surface area contributed by atoms with Crippen molar-refractivity contribution in [1.82, 2.24) is 9.55 Å². The predicted molar refractivity (Wildman–Crippen MR) is 76.0 cm³/mol. The number of nitrogens with zero attached hydrogens (tertiary/aromatic N) is 2. The minimum atomic E-state index is 0.840. The van der Waals surface area contributed by atoms with E-state index < -0.39 is 0 Å². The van der Waals surface area contributed by atoms with Crippen molar-refractivity contribution in [2.75, 3.05) is 25.1 Å². The molecule has 0 aliphatic heterocycles. The van der Waals surface area contributed by atoms with E-state index in [1.54, 1.807) is 0 Å². The summed E-state index contributed by atoms with van der Waals surface area (Å²) >= 11 is 0. The van der Waals surface area contributed by atoms with Crippen molar-refractivity contribution in [2.45, 2.75) is 52.5 Å². The van der Waals surface area contributed by atoms with Gasteiger partial charge in [0.25, 0.3) is 0 Å². The van der Waals surface area contributed by atoms with Crippen LogP contribution in [0.3, 0.4) is 0 Å². The number of imidazole rings is 1. The van der Waals surface area contributed by atoms with Crippen LogP contribution in [0.25, 0.3) is 0 Å². The highest BCUT2D eigenvalue weighted by molar-refractivity contribution is 5.25. The van der Waals surface area contributed by atoms with Crippen molar-refractivity contribution in [2.24, 2.45) is 0 Å². The number of aryl methyl sites for hydroxylation is 1. The number of nitrogens with one attached hydrogen (secondary N) is 1. The van der Waals surface area contributed by atoms with Crippen LogP contribution in [0, 0.1) is 0 Å². The molecule has 18 heavy (non-hydrogen) atoms. The Bertz CT molecular complexity index is 299. The van der Waals surface area contributed by atoms with Crippen LogP contribution in [0.4, 0.5) is 5.95 Å². The molecule has 4 nitrogen and oxygen atoms in total. The minimum absolute atomic E-state index is 0.840. The summed E-state index contributed by atoms with van der Waals surface area (Å²) in [6.45, 7) is 8.08. The molecule has 0 amide bonds. The van der Waals surface area contributed by atoms with Crippen molar-refractivity contribution >= 4 is 5.95 Å². The first-order valence-electron chi connectivity index (χ1n) is 7.21. The molecule has 0 unspecified atom stereocenters. The number of ether oxygens (including phenoxy) is 1. The quantitative estimate of drug-likeness (QED) is 0.615. The van der Waals surface area contributed by atoms with Gasteiger partial charge in [0.05, 0.1) is 0 Å². The van der Waals surface area contributed by atoms with E-state index in [0.717, 1.165) is 45.1 Å². The van der Waals surface area contributed by atoms with E-state index in [4.69, 9.17) is 4.74 Å². The van der Waals surface area contributed by atoms with Crippen LogP contribution in [0.15, 0.2) is 12.4 Å². The molecule has 0 saturated carbocycles. The van der Waals surface area contributed by atoms with Crippen molar-refractivity contribution in [3.05, 3.63) is 12.4 Å². The van der Waals surface area contributed by atoms with Crippen LogP contribution in [-0.4, -0.2) is 29.3 Å². The summed E-state index contributed by atoms with van der Waals surface area (Å²) in [5.74, 6) is 0.983. The standard InChI is InChI=1S/C14H27N3O/c1-3-5-8-15-14-16-9-11-17(14)10-7-13-18-12-6-4-2/h9,11H,3-8,10,12-13H2,1-2H3,(H,15,16). The monoisotopic (exact) mass is 253 g/mol. The number of aromatic nitrogens is 2. The fraction of sp³-hybridized carbons (Fsp3) is 0.786. The van der Waals surface area contributed by atoms with Gasteiger partial charge in [-0.2, -0.15) is 0 Å². The lowest BCUT2D eigenvalue weighted by Gasteiger charge is -2.09. The molecular weight excluding hydrogens is 226 g/mol. The van der Waals surface area contributed by atoms with Crippen LogP contribution in [0.5, 0.6) is 0 Å². The number of unbranched alkanes of at least 4 members (excludes halogenated alkanes) is 2. The minimum Gasteiger partial charge on any atom is -0.381 e. The topological polar surface area (TPSA) is 39.1 Å². The van der Waals surface area contributed by atoms with Crippen LogP contribution >= 0.6 is 0 Å². The summed E-state index contributed by atoms with van der Waals surface area (Å²) in [7, 11) is 0. The van der Waals surface area contributed by atoms with Gasteiger partial charge in [0.15, 0.2) is 0 Å². The molecular formula is C14H27N3O. The first-order chi connectivity index (χ1) is 8.88. The zero-order valence-electron chi connectivity index (χ0n) is 11.8. The maximum absolute atomic E-state index is 5.56. The van der Waals surface area contributed by atoms with E-state index in [1.807, 2.05) is 12.4 Å². The van der Waals surface area contributed by atoms with Crippen LogP contribution in [-0.2, 0) is 11.3 Å². The summed E-state index contributed by atoms with van der Waals surface area (Å²) in [6, 6.07) is 0. The Morgan fingerprint density at radius 2 is 1.94 bits per heavy atom. The van der Waals surface area contributed by atoms with E-state index in [1.165, 1.54) is 19.3 Å². The van der Waals surface area contributed by atoms with Gasteiger partial charge in [0.1, 0.15) is 0 Å². The Morgan fingerprint density at radius 1 is 1.17 bits per heavy atom. The molecule has 0 atom stereocenters. The van der Waals surface area contributed by atoms with Gasteiger partial charge < -0.3 is 14.6 Å². The molecule has 0 aliphatic rings. The molecule has 1 aromatic rings. The predicted octanol–water partition coefficient (Wildman–Crippen LogP) is 3.30. The Morgan fingerprint density at radius 3 is 2.72 bits per heavy atom. The number of hydrogen-bond donors (Lipinski definition) is 1. The smallest absolute Gasteiger partial charge is 0.202 e. The molecule has 0 fully saturated rings. The second-order valence-corrected chi connectivity index (χ2v) is 4.54. The molecule has 1 rings (SSSR count). The zero-order chi connectivity index (χ0) is 13.1. The van der Waals surface area contributed by atoms with Gasteiger partial charge in [-0.25, -0.2) is 4.98 Å². The van der Waals surface area contributed by atoms with Crippen LogP contribution < -0.4 is 5.32 Å². The summed E-state index contributed by atoms with van der Waals surface area (Å²) in [6.07, 6.45) is 9.68. The summed E-state index contributed by atoms with van der Waals surface area (Å²) in [5, 5.41) is 3.37. The average molecular weight is 253 g/mol. The second kappa shape index (κ2) is 9.95. The lowest BCUT2D eigenvalue weighted by Crippen LogP contribution is -2.10.